The van der Waals surface area contributed by atoms with Gasteiger partial charge in [0, 0.05) is 22.9 Å². The minimum absolute atomic E-state index is 0.0118. The molecule has 1 heterocycles. The van der Waals surface area contributed by atoms with E-state index < -0.39 is 0 Å². The zero-order valence-corrected chi connectivity index (χ0v) is 12.4. The van der Waals surface area contributed by atoms with E-state index in [0.29, 0.717) is 17.8 Å². The van der Waals surface area contributed by atoms with Gasteiger partial charge in [0.1, 0.15) is 0 Å². The first-order valence-electron chi connectivity index (χ1n) is 6.80. The van der Waals surface area contributed by atoms with Gasteiger partial charge in [-0.2, -0.15) is 0 Å². The molecule has 1 aliphatic rings. The summed E-state index contributed by atoms with van der Waals surface area (Å²) in [4.78, 5) is 24.0. The molecule has 0 radical (unpaired) electrons. The normalized spacial score (nSPS) is 19.3. The molecule has 0 aromatic carbocycles. The van der Waals surface area contributed by atoms with Crippen LogP contribution in [0.2, 0.25) is 0 Å². The molecule has 0 spiro atoms. The van der Waals surface area contributed by atoms with E-state index in [1.54, 1.807) is 13.8 Å². The number of hydrogen-bond donors (Lipinski definition) is 1. The largest absolute Gasteiger partial charge is 0.463 e. The van der Waals surface area contributed by atoms with Crippen LogP contribution in [0.25, 0.3) is 0 Å². The van der Waals surface area contributed by atoms with Gasteiger partial charge in [-0.3, -0.25) is 4.79 Å². The number of ether oxygens (including phenoxy) is 1. The van der Waals surface area contributed by atoms with Gasteiger partial charge < -0.3 is 10.1 Å². The van der Waals surface area contributed by atoms with Gasteiger partial charge in [-0.15, -0.1) is 0 Å². The van der Waals surface area contributed by atoms with Crippen LogP contribution in [0.3, 0.4) is 0 Å². The molecule has 0 saturated heterocycles. The molecule has 4 nitrogen and oxygen atoms in total. The van der Waals surface area contributed by atoms with Crippen LogP contribution in [0.1, 0.15) is 47.5 Å². The van der Waals surface area contributed by atoms with Crippen molar-refractivity contribution in [3.8, 4) is 0 Å². The highest BCUT2D eigenvalue weighted by molar-refractivity contribution is 6.00. The van der Waals surface area contributed by atoms with Crippen molar-refractivity contribution in [2.24, 2.45) is 5.92 Å². The molecule has 0 bridgehead atoms. The van der Waals surface area contributed by atoms with E-state index in [0.717, 1.165) is 24.2 Å². The Morgan fingerprint density at radius 2 is 1.74 bits per heavy atom. The molecular formula is C15H23NO3. The molecule has 0 amide bonds. The van der Waals surface area contributed by atoms with E-state index in [1.807, 2.05) is 20.8 Å². The molecule has 1 rings (SSSR count). The average molecular weight is 265 g/mol. The monoisotopic (exact) mass is 265 g/mol. The second-order valence-corrected chi connectivity index (χ2v) is 4.82. The highest BCUT2D eigenvalue weighted by Gasteiger charge is 2.33. The Morgan fingerprint density at radius 3 is 2.21 bits per heavy atom. The van der Waals surface area contributed by atoms with Gasteiger partial charge in [-0.1, -0.05) is 13.3 Å². The van der Waals surface area contributed by atoms with E-state index in [1.165, 1.54) is 0 Å². The summed E-state index contributed by atoms with van der Waals surface area (Å²) in [7, 11) is 0. The number of esters is 1. The van der Waals surface area contributed by atoms with Crippen LogP contribution < -0.4 is 5.32 Å². The fourth-order valence-electron chi connectivity index (χ4n) is 2.67. The van der Waals surface area contributed by atoms with E-state index in [4.69, 9.17) is 4.74 Å². The SMILES string of the molecule is CCCC1C(C(C)=O)=C(C)NC(C)=C1C(=O)OCC. The smallest absolute Gasteiger partial charge is 0.336 e. The molecule has 0 fully saturated rings. The number of dihydropyridines is 1. The number of rotatable bonds is 5. The molecule has 1 aliphatic heterocycles. The van der Waals surface area contributed by atoms with Crippen LogP contribution >= 0.6 is 0 Å². The van der Waals surface area contributed by atoms with Crippen molar-refractivity contribution in [1.29, 1.82) is 0 Å². The van der Waals surface area contributed by atoms with Crippen LogP contribution in [-0.2, 0) is 14.3 Å². The maximum Gasteiger partial charge on any atom is 0.336 e. The third-order valence-electron chi connectivity index (χ3n) is 3.33. The minimum Gasteiger partial charge on any atom is -0.463 e. The molecule has 1 N–H and O–H groups in total. The number of allylic oxidation sites excluding steroid dienone is 3. The molecule has 106 valence electrons. The second kappa shape index (κ2) is 6.55. The molecular weight excluding hydrogens is 242 g/mol. The summed E-state index contributed by atoms with van der Waals surface area (Å²) in [6, 6.07) is 0. The lowest BCUT2D eigenvalue weighted by Crippen LogP contribution is -2.32. The molecule has 0 aromatic rings. The Labute approximate surface area is 114 Å². The zero-order valence-electron chi connectivity index (χ0n) is 12.4. The number of ketones is 1. The number of hydrogen-bond acceptors (Lipinski definition) is 4. The molecule has 1 atom stereocenters. The van der Waals surface area contributed by atoms with Crippen molar-refractivity contribution < 1.29 is 14.3 Å². The molecule has 0 aliphatic carbocycles. The van der Waals surface area contributed by atoms with Crippen molar-refractivity contribution in [3.05, 3.63) is 22.5 Å². The van der Waals surface area contributed by atoms with E-state index in [9.17, 15) is 9.59 Å². The Kier molecular flexibility index (Phi) is 5.33. The second-order valence-electron chi connectivity index (χ2n) is 4.82. The summed E-state index contributed by atoms with van der Waals surface area (Å²) in [5, 5.41) is 3.13. The van der Waals surface area contributed by atoms with Gasteiger partial charge >= 0.3 is 5.97 Å². The Balaban J connectivity index is 3.23. The van der Waals surface area contributed by atoms with Crippen molar-refractivity contribution in [3.63, 3.8) is 0 Å². The summed E-state index contributed by atoms with van der Waals surface area (Å²) in [5.41, 5.74) is 2.94. The van der Waals surface area contributed by atoms with Crippen LogP contribution in [0.5, 0.6) is 0 Å². The lowest BCUT2D eigenvalue weighted by molar-refractivity contribution is -0.139. The molecule has 0 saturated carbocycles. The van der Waals surface area contributed by atoms with Gasteiger partial charge in [0.2, 0.25) is 0 Å². The Hall–Kier alpha value is -1.58. The predicted molar refractivity (Wildman–Crippen MR) is 74.2 cm³/mol. The maximum atomic E-state index is 12.1. The van der Waals surface area contributed by atoms with Gasteiger partial charge in [0.15, 0.2) is 5.78 Å². The third kappa shape index (κ3) is 3.25. The summed E-state index contributed by atoms with van der Waals surface area (Å²) in [6.45, 7) is 9.46. The van der Waals surface area contributed by atoms with Crippen LogP contribution in [0.15, 0.2) is 22.5 Å². The van der Waals surface area contributed by atoms with Gasteiger partial charge in [0.25, 0.3) is 0 Å². The van der Waals surface area contributed by atoms with Gasteiger partial charge in [-0.05, 0) is 34.1 Å². The first kappa shape index (κ1) is 15.5. The highest BCUT2D eigenvalue weighted by Crippen LogP contribution is 2.34. The van der Waals surface area contributed by atoms with Crippen molar-refractivity contribution >= 4 is 11.8 Å². The molecule has 19 heavy (non-hydrogen) atoms. The third-order valence-corrected chi connectivity index (χ3v) is 3.33. The number of carbonyl (C=O) groups excluding carboxylic acids is 2. The Bertz CT molecular complexity index is 446. The van der Waals surface area contributed by atoms with Crippen molar-refractivity contribution in [2.45, 2.75) is 47.5 Å². The summed E-state index contributed by atoms with van der Waals surface area (Å²) in [5.74, 6) is -0.460. The standard InChI is InChI=1S/C15H23NO3/c1-6-8-12-13(11(5)17)9(3)16-10(4)14(12)15(18)19-7-2/h12,16H,6-8H2,1-5H3. The minimum atomic E-state index is -0.322. The van der Waals surface area contributed by atoms with Crippen molar-refractivity contribution in [2.75, 3.05) is 6.61 Å². The topological polar surface area (TPSA) is 55.4 Å². The number of nitrogens with one attached hydrogen (secondary N) is 1. The predicted octanol–water partition coefficient (Wildman–Crippen LogP) is 2.71. The van der Waals surface area contributed by atoms with Crippen LogP contribution in [-0.4, -0.2) is 18.4 Å². The first-order chi connectivity index (χ1) is 8.93. The van der Waals surface area contributed by atoms with Gasteiger partial charge in [0.05, 0.1) is 12.2 Å². The lowest BCUT2D eigenvalue weighted by Gasteiger charge is -2.29. The van der Waals surface area contributed by atoms with Crippen LogP contribution in [0, 0.1) is 5.92 Å². The maximum absolute atomic E-state index is 12.1. The fourth-order valence-corrected chi connectivity index (χ4v) is 2.67. The number of carbonyl (C=O) groups is 2. The van der Waals surface area contributed by atoms with E-state index >= 15 is 0 Å². The average Bonchev–Trinajstić information content (AvgIpc) is 2.28. The lowest BCUT2D eigenvalue weighted by atomic mass is 9.81. The van der Waals surface area contributed by atoms with Crippen molar-refractivity contribution in [1.82, 2.24) is 5.32 Å². The molecule has 4 heteroatoms. The quantitative estimate of drug-likeness (QED) is 0.776. The first-order valence-corrected chi connectivity index (χ1v) is 6.80. The molecule has 1 unspecified atom stereocenters. The summed E-state index contributed by atoms with van der Waals surface area (Å²) < 4.78 is 5.12. The molecule has 0 aromatic heterocycles. The van der Waals surface area contributed by atoms with Gasteiger partial charge in [-0.25, -0.2) is 4.79 Å². The Morgan fingerprint density at radius 1 is 1.16 bits per heavy atom. The highest BCUT2D eigenvalue weighted by atomic mass is 16.5. The van der Waals surface area contributed by atoms with Crippen LogP contribution in [0.4, 0.5) is 0 Å². The number of Topliss-reactive ketones (excluding diaryl/α,β-unsaturated/α-hetero) is 1. The summed E-state index contributed by atoms with van der Waals surface area (Å²) >= 11 is 0. The zero-order chi connectivity index (χ0) is 14.6. The summed E-state index contributed by atoms with van der Waals surface area (Å²) in [6.07, 6.45) is 1.68. The van der Waals surface area contributed by atoms with E-state index in [2.05, 4.69) is 5.32 Å². The fraction of sp³-hybridized carbons (Fsp3) is 0.600. The van der Waals surface area contributed by atoms with E-state index in [-0.39, 0.29) is 17.7 Å².